The zero-order chi connectivity index (χ0) is 24.5. The maximum Gasteiger partial charge on any atom is 0.261 e. The third kappa shape index (κ3) is 7.35. The van der Waals surface area contributed by atoms with E-state index in [0.717, 1.165) is 16.7 Å². The van der Waals surface area contributed by atoms with Crippen LogP contribution in [0.3, 0.4) is 0 Å². The average molecular weight is 479 g/mol. The zero-order valence-electron chi connectivity index (χ0n) is 19.8. The van der Waals surface area contributed by atoms with E-state index in [4.69, 9.17) is 16.3 Å². The molecule has 3 aromatic carbocycles. The van der Waals surface area contributed by atoms with Gasteiger partial charge in [-0.2, -0.15) is 0 Å². The van der Waals surface area contributed by atoms with Gasteiger partial charge in [-0.15, -0.1) is 0 Å². The Kier molecular flexibility index (Phi) is 9.11. The normalized spacial score (nSPS) is 11.7. The van der Waals surface area contributed by atoms with Crippen LogP contribution in [0.5, 0.6) is 5.75 Å². The molecule has 3 rings (SSSR count). The summed E-state index contributed by atoms with van der Waals surface area (Å²) in [6, 6.07) is 23.7. The van der Waals surface area contributed by atoms with E-state index in [2.05, 4.69) is 5.32 Å². The van der Waals surface area contributed by atoms with E-state index in [-0.39, 0.29) is 24.5 Å². The van der Waals surface area contributed by atoms with E-state index in [1.807, 2.05) is 75.4 Å². The number of nitrogens with zero attached hydrogens (tertiary/aromatic N) is 1. The van der Waals surface area contributed by atoms with E-state index in [0.29, 0.717) is 23.7 Å². The summed E-state index contributed by atoms with van der Waals surface area (Å²) in [5.74, 6) is 0.0881. The summed E-state index contributed by atoms with van der Waals surface area (Å²) in [6.07, 6.45) is 0.401. The quantitative estimate of drug-likeness (QED) is 0.436. The van der Waals surface area contributed by atoms with Crippen molar-refractivity contribution in [1.82, 2.24) is 10.2 Å². The third-order valence-electron chi connectivity index (χ3n) is 5.48. The van der Waals surface area contributed by atoms with Crippen molar-refractivity contribution < 1.29 is 14.3 Å². The topological polar surface area (TPSA) is 58.6 Å². The number of benzene rings is 3. The number of hydrogen-bond acceptors (Lipinski definition) is 3. The van der Waals surface area contributed by atoms with E-state index in [1.165, 1.54) is 0 Å². The van der Waals surface area contributed by atoms with Gasteiger partial charge in [0.25, 0.3) is 5.91 Å². The van der Waals surface area contributed by atoms with Gasteiger partial charge in [0.1, 0.15) is 11.8 Å². The van der Waals surface area contributed by atoms with Crippen molar-refractivity contribution >= 4 is 23.4 Å². The fourth-order valence-corrected chi connectivity index (χ4v) is 3.79. The molecule has 34 heavy (non-hydrogen) atoms. The molecular formula is C28H31ClN2O3. The molecule has 1 N–H and O–H groups in total. The number of amides is 2. The van der Waals surface area contributed by atoms with Crippen molar-refractivity contribution in [3.63, 3.8) is 0 Å². The molecule has 6 heteroatoms. The van der Waals surface area contributed by atoms with Crippen LogP contribution in [0.2, 0.25) is 5.02 Å². The van der Waals surface area contributed by atoms with Crippen molar-refractivity contribution in [2.24, 2.45) is 0 Å². The molecule has 0 aromatic heterocycles. The molecule has 0 spiro atoms. The molecule has 178 valence electrons. The van der Waals surface area contributed by atoms with Crippen LogP contribution >= 0.6 is 11.6 Å². The highest BCUT2D eigenvalue weighted by molar-refractivity contribution is 6.30. The van der Waals surface area contributed by atoms with E-state index in [9.17, 15) is 9.59 Å². The Labute approximate surface area is 206 Å². The molecule has 0 heterocycles. The zero-order valence-corrected chi connectivity index (χ0v) is 20.6. The van der Waals surface area contributed by atoms with Gasteiger partial charge in [-0.05, 0) is 61.7 Å². The average Bonchev–Trinajstić information content (AvgIpc) is 2.82. The third-order valence-corrected chi connectivity index (χ3v) is 5.73. The molecule has 0 saturated carbocycles. The van der Waals surface area contributed by atoms with E-state index >= 15 is 0 Å². The summed E-state index contributed by atoms with van der Waals surface area (Å²) >= 11 is 5.95. The lowest BCUT2D eigenvalue weighted by atomic mass is 10.0. The van der Waals surface area contributed by atoms with E-state index < -0.39 is 6.04 Å². The summed E-state index contributed by atoms with van der Waals surface area (Å²) in [5, 5.41) is 3.58. The Hall–Kier alpha value is -3.31. The van der Waals surface area contributed by atoms with Crippen LogP contribution in [0.15, 0.2) is 78.9 Å². The van der Waals surface area contributed by atoms with Crippen LogP contribution in [0, 0.1) is 6.92 Å². The molecule has 0 fully saturated rings. The van der Waals surface area contributed by atoms with Crippen LogP contribution in [0.25, 0.3) is 0 Å². The molecule has 3 aromatic rings. The molecule has 2 amide bonds. The number of ether oxygens (including phenoxy) is 1. The Morgan fingerprint density at radius 2 is 1.59 bits per heavy atom. The summed E-state index contributed by atoms with van der Waals surface area (Å²) in [5.41, 5.74) is 3.02. The minimum absolute atomic E-state index is 0.0495. The molecule has 0 aliphatic rings. The molecule has 0 saturated heterocycles. The SMILES string of the molecule is Cc1ccccc1CN(C(=O)COc1ccc(Cl)cc1)[C@@H](Cc1ccccc1)C(=O)NC(C)C. The molecule has 0 unspecified atom stereocenters. The van der Waals surface area contributed by atoms with Gasteiger partial charge in [0.05, 0.1) is 0 Å². The predicted octanol–water partition coefficient (Wildman–Crippen LogP) is 5.19. The lowest BCUT2D eigenvalue weighted by Crippen LogP contribution is -2.52. The Morgan fingerprint density at radius 1 is 0.941 bits per heavy atom. The number of carbonyl (C=O) groups excluding carboxylic acids is 2. The van der Waals surface area contributed by atoms with Crippen LogP contribution in [-0.4, -0.2) is 35.4 Å². The van der Waals surface area contributed by atoms with Gasteiger partial charge in [0, 0.05) is 24.0 Å². The standard InChI is InChI=1S/C28H31ClN2O3/c1-20(2)30-28(33)26(17-22-10-5-4-6-11-22)31(18-23-12-8-7-9-21(23)3)27(32)19-34-25-15-13-24(29)14-16-25/h4-16,20,26H,17-19H2,1-3H3,(H,30,33)/t26-/m0/s1. The number of aryl methyl sites for hydroxylation is 1. The number of rotatable bonds is 10. The number of hydrogen-bond donors (Lipinski definition) is 1. The van der Waals surface area contributed by atoms with Gasteiger partial charge >= 0.3 is 0 Å². The summed E-state index contributed by atoms with van der Waals surface area (Å²) < 4.78 is 5.75. The number of nitrogens with one attached hydrogen (secondary N) is 1. The monoisotopic (exact) mass is 478 g/mol. The first-order chi connectivity index (χ1) is 16.3. The largest absolute Gasteiger partial charge is 0.484 e. The molecule has 0 aliphatic heterocycles. The Bertz CT molecular complexity index is 1080. The maximum absolute atomic E-state index is 13.5. The number of halogens is 1. The highest BCUT2D eigenvalue weighted by Gasteiger charge is 2.31. The minimum atomic E-state index is -0.689. The summed E-state index contributed by atoms with van der Waals surface area (Å²) in [7, 11) is 0. The van der Waals surface area contributed by atoms with E-state index in [1.54, 1.807) is 29.2 Å². The maximum atomic E-state index is 13.5. The molecule has 1 atom stereocenters. The fraction of sp³-hybridized carbons (Fsp3) is 0.286. The molecule has 0 bridgehead atoms. The van der Waals surface area contributed by atoms with Crippen LogP contribution in [0.4, 0.5) is 0 Å². The second-order valence-electron chi connectivity index (χ2n) is 8.56. The minimum Gasteiger partial charge on any atom is -0.484 e. The summed E-state index contributed by atoms with van der Waals surface area (Å²) in [6.45, 7) is 5.94. The van der Waals surface area contributed by atoms with Crippen LogP contribution in [0.1, 0.15) is 30.5 Å². The highest BCUT2D eigenvalue weighted by atomic mass is 35.5. The Balaban J connectivity index is 1.91. The first kappa shape index (κ1) is 25.3. The second kappa shape index (κ2) is 12.2. The molecule has 5 nitrogen and oxygen atoms in total. The van der Waals surface area contributed by atoms with Gasteiger partial charge in [-0.25, -0.2) is 0 Å². The first-order valence-corrected chi connectivity index (χ1v) is 11.8. The second-order valence-corrected chi connectivity index (χ2v) is 9.00. The van der Waals surface area contributed by atoms with Crippen molar-refractivity contribution in [3.8, 4) is 5.75 Å². The van der Waals surface area contributed by atoms with Crippen molar-refractivity contribution in [2.45, 2.75) is 45.8 Å². The lowest BCUT2D eigenvalue weighted by Gasteiger charge is -2.32. The smallest absolute Gasteiger partial charge is 0.261 e. The molecule has 0 aliphatic carbocycles. The fourth-order valence-electron chi connectivity index (χ4n) is 3.66. The van der Waals surface area contributed by atoms with Gasteiger partial charge in [-0.3, -0.25) is 9.59 Å². The predicted molar refractivity (Wildman–Crippen MR) is 136 cm³/mol. The van der Waals surface area contributed by atoms with Crippen molar-refractivity contribution in [3.05, 3.63) is 101 Å². The molecular weight excluding hydrogens is 448 g/mol. The van der Waals surface area contributed by atoms with Gasteiger partial charge in [0.15, 0.2) is 6.61 Å². The number of carbonyl (C=O) groups is 2. The van der Waals surface area contributed by atoms with Crippen molar-refractivity contribution in [1.29, 1.82) is 0 Å². The Morgan fingerprint density at radius 3 is 2.24 bits per heavy atom. The molecule has 0 radical (unpaired) electrons. The highest BCUT2D eigenvalue weighted by Crippen LogP contribution is 2.19. The van der Waals surface area contributed by atoms with Crippen molar-refractivity contribution in [2.75, 3.05) is 6.61 Å². The van der Waals surface area contributed by atoms with Crippen LogP contribution < -0.4 is 10.1 Å². The van der Waals surface area contributed by atoms with Gasteiger partial charge in [-0.1, -0.05) is 66.2 Å². The lowest BCUT2D eigenvalue weighted by molar-refractivity contribution is -0.143. The van der Waals surface area contributed by atoms with Gasteiger partial charge < -0.3 is 15.0 Å². The summed E-state index contributed by atoms with van der Waals surface area (Å²) in [4.78, 5) is 28.5. The van der Waals surface area contributed by atoms with Crippen LogP contribution in [-0.2, 0) is 22.6 Å². The first-order valence-electron chi connectivity index (χ1n) is 11.4. The van der Waals surface area contributed by atoms with Gasteiger partial charge in [0.2, 0.25) is 5.91 Å².